The largest absolute Gasteiger partial charge is 0.454 e. The number of aryl methyl sites for hydroxylation is 2. The maximum Gasteiger partial charge on any atom is 0.169 e. The first kappa shape index (κ1) is 9.81. The van der Waals surface area contributed by atoms with E-state index in [4.69, 9.17) is 10.2 Å². The highest BCUT2D eigenvalue weighted by Crippen LogP contribution is 2.20. The minimum absolute atomic E-state index is 0.765. The average molecular weight is 232 g/mol. The van der Waals surface area contributed by atoms with E-state index in [2.05, 4.69) is 22.9 Å². The van der Waals surface area contributed by atoms with Crippen LogP contribution in [0.15, 0.2) is 15.2 Å². The fourth-order valence-electron chi connectivity index (χ4n) is 1.16. The van der Waals surface area contributed by atoms with Gasteiger partial charge >= 0.3 is 0 Å². The number of nitrogens with two attached hydrogens (primary N) is 1. The van der Waals surface area contributed by atoms with E-state index in [0.29, 0.717) is 0 Å². The molecule has 0 aliphatic carbocycles. The second kappa shape index (κ2) is 4.67. The van der Waals surface area contributed by atoms with Crippen LogP contribution in [0.1, 0.15) is 24.2 Å². The molecule has 0 fully saturated rings. The first-order chi connectivity index (χ1) is 5.74. The third-order valence-corrected chi connectivity index (χ3v) is 2.24. The second-order valence-corrected chi connectivity index (χ2v) is 3.68. The van der Waals surface area contributed by atoms with E-state index in [1.807, 2.05) is 6.07 Å². The molecule has 1 heterocycles. The summed E-state index contributed by atoms with van der Waals surface area (Å²) in [6.45, 7) is 2.83. The lowest BCUT2D eigenvalue weighted by molar-refractivity contribution is 0.476. The highest BCUT2D eigenvalue weighted by molar-refractivity contribution is 9.10. The van der Waals surface area contributed by atoms with E-state index in [-0.39, 0.29) is 0 Å². The van der Waals surface area contributed by atoms with Crippen molar-refractivity contribution >= 4 is 15.9 Å². The Kier molecular flexibility index (Phi) is 3.82. The Morgan fingerprint density at radius 3 is 2.75 bits per heavy atom. The topological polar surface area (TPSA) is 39.2 Å². The molecule has 68 valence electrons. The number of furan rings is 1. The van der Waals surface area contributed by atoms with Gasteiger partial charge in [-0.1, -0.05) is 0 Å². The fraction of sp³-hybridized carbons (Fsp3) is 0.556. The summed E-state index contributed by atoms with van der Waals surface area (Å²) in [4.78, 5) is 0. The lowest BCUT2D eigenvalue weighted by Gasteiger charge is -1.96. The van der Waals surface area contributed by atoms with Crippen LogP contribution in [0, 0.1) is 6.92 Å². The zero-order chi connectivity index (χ0) is 8.97. The normalized spacial score (nSPS) is 10.6. The molecular weight excluding hydrogens is 218 g/mol. The number of rotatable bonds is 4. The Hall–Kier alpha value is -0.280. The predicted molar refractivity (Wildman–Crippen MR) is 53.1 cm³/mol. The second-order valence-electron chi connectivity index (χ2n) is 2.90. The van der Waals surface area contributed by atoms with E-state index >= 15 is 0 Å². The zero-order valence-corrected chi connectivity index (χ0v) is 8.86. The molecule has 0 bridgehead atoms. The molecule has 1 rings (SSSR count). The molecule has 1 aromatic heterocycles. The van der Waals surface area contributed by atoms with Gasteiger partial charge in [0.1, 0.15) is 5.76 Å². The first-order valence-corrected chi connectivity index (χ1v) is 4.98. The minimum atomic E-state index is 0.765. The van der Waals surface area contributed by atoms with Gasteiger partial charge in [0.05, 0.1) is 0 Å². The molecule has 3 heteroatoms. The molecule has 12 heavy (non-hydrogen) atoms. The highest BCUT2D eigenvalue weighted by atomic mass is 79.9. The molecule has 0 aliphatic heterocycles. The van der Waals surface area contributed by atoms with Crippen molar-refractivity contribution in [1.82, 2.24) is 0 Å². The van der Waals surface area contributed by atoms with E-state index in [9.17, 15) is 0 Å². The number of halogens is 1. The molecule has 0 unspecified atom stereocenters. The van der Waals surface area contributed by atoms with Crippen LogP contribution in [0.4, 0.5) is 0 Å². The molecule has 0 spiro atoms. The van der Waals surface area contributed by atoms with Crippen LogP contribution >= 0.6 is 15.9 Å². The monoisotopic (exact) mass is 231 g/mol. The zero-order valence-electron chi connectivity index (χ0n) is 7.27. The molecule has 0 aromatic carbocycles. The van der Waals surface area contributed by atoms with Crippen molar-refractivity contribution in [3.63, 3.8) is 0 Å². The van der Waals surface area contributed by atoms with Gasteiger partial charge in [-0.15, -0.1) is 0 Å². The van der Waals surface area contributed by atoms with Gasteiger partial charge in [0.2, 0.25) is 0 Å². The van der Waals surface area contributed by atoms with E-state index in [1.54, 1.807) is 0 Å². The molecular formula is C9H14BrNO. The quantitative estimate of drug-likeness (QED) is 0.810. The van der Waals surface area contributed by atoms with Crippen LogP contribution in [0.3, 0.4) is 0 Å². The minimum Gasteiger partial charge on any atom is -0.454 e. The van der Waals surface area contributed by atoms with Gasteiger partial charge in [-0.25, -0.2) is 0 Å². The Labute approximate surface area is 81.3 Å². The van der Waals surface area contributed by atoms with Crippen molar-refractivity contribution in [2.24, 2.45) is 5.73 Å². The van der Waals surface area contributed by atoms with Crippen LogP contribution in [0.25, 0.3) is 0 Å². The van der Waals surface area contributed by atoms with Gasteiger partial charge in [-0.05, 0) is 53.9 Å². The molecule has 1 aromatic rings. The summed E-state index contributed by atoms with van der Waals surface area (Å²) in [5.74, 6) is 1.08. The van der Waals surface area contributed by atoms with Crippen LogP contribution in [-0.2, 0) is 6.42 Å². The standard InChI is InChI=1S/C9H14BrNO/c1-7-6-9(10)12-8(7)4-2-3-5-11/h6H,2-5,11H2,1H3. The fourth-order valence-corrected chi connectivity index (χ4v) is 1.70. The summed E-state index contributed by atoms with van der Waals surface area (Å²) in [7, 11) is 0. The van der Waals surface area contributed by atoms with Gasteiger partial charge in [-0.2, -0.15) is 0 Å². The molecule has 0 aliphatic rings. The summed E-state index contributed by atoms with van der Waals surface area (Å²) in [6, 6.07) is 2.00. The predicted octanol–water partition coefficient (Wildman–Crippen LogP) is 2.63. The van der Waals surface area contributed by atoms with Gasteiger partial charge < -0.3 is 10.2 Å². The van der Waals surface area contributed by atoms with Crippen molar-refractivity contribution in [2.45, 2.75) is 26.2 Å². The summed E-state index contributed by atoms with van der Waals surface area (Å²) in [5, 5.41) is 0. The Bertz CT molecular complexity index is 245. The van der Waals surface area contributed by atoms with Crippen LogP contribution in [-0.4, -0.2) is 6.54 Å². The van der Waals surface area contributed by atoms with Crippen LogP contribution in [0.2, 0.25) is 0 Å². The third kappa shape index (κ3) is 2.64. The third-order valence-electron chi connectivity index (χ3n) is 1.85. The molecule has 2 nitrogen and oxygen atoms in total. The summed E-state index contributed by atoms with van der Waals surface area (Å²) in [6.07, 6.45) is 3.17. The van der Waals surface area contributed by atoms with Crippen molar-refractivity contribution < 1.29 is 4.42 Å². The van der Waals surface area contributed by atoms with Crippen LogP contribution in [0.5, 0.6) is 0 Å². The molecule has 0 amide bonds. The van der Waals surface area contributed by atoms with Crippen LogP contribution < -0.4 is 5.73 Å². The molecule has 0 radical (unpaired) electrons. The lowest BCUT2D eigenvalue weighted by Crippen LogP contribution is -1.98. The summed E-state index contributed by atoms with van der Waals surface area (Å²) < 4.78 is 6.26. The van der Waals surface area contributed by atoms with E-state index < -0.39 is 0 Å². The van der Waals surface area contributed by atoms with Gasteiger partial charge in [0.25, 0.3) is 0 Å². The van der Waals surface area contributed by atoms with E-state index in [0.717, 1.165) is 36.2 Å². The maximum absolute atomic E-state index is 5.44. The first-order valence-electron chi connectivity index (χ1n) is 4.19. The van der Waals surface area contributed by atoms with Gasteiger partial charge in [0.15, 0.2) is 4.67 Å². The van der Waals surface area contributed by atoms with Gasteiger partial charge in [0, 0.05) is 6.42 Å². The average Bonchev–Trinajstić information content (AvgIpc) is 2.31. The van der Waals surface area contributed by atoms with E-state index in [1.165, 1.54) is 5.56 Å². The smallest absolute Gasteiger partial charge is 0.169 e. The lowest BCUT2D eigenvalue weighted by atomic mass is 10.1. The number of unbranched alkanes of at least 4 members (excludes halogenated alkanes) is 1. The molecule has 2 N–H and O–H groups in total. The molecule has 0 atom stereocenters. The Morgan fingerprint density at radius 2 is 2.25 bits per heavy atom. The molecule has 0 saturated heterocycles. The van der Waals surface area contributed by atoms with Crippen molar-refractivity contribution in [1.29, 1.82) is 0 Å². The van der Waals surface area contributed by atoms with Crippen molar-refractivity contribution in [3.8, 4) is 0 Å². The summed E-state index contributed by atoms with van der Waals surface area (Å²) >= 11 is 3.30. The van der Waals surface area contributed by atoms with Crippen molar-refractivity contribution in [2.75, 3.05) is 6.54 Å². The SMILES string of the molecule is Cc1cc(Br)oc1CCCCN. The Balaban J connectivity index is 2.45. The number of hydrogen-bond donors (Lipinski definition) is 1. The van der Waals surface area contributed by atoms with Gasteiger partial charge in [-0.3, -0.25) is 0 Å². The van der Waals surface area contributed by atoms with Crippen molar-refractivity contribution in [3.05, 3.63) is 22.1 Å². The maximum atomic E-state index is 5.44. The molecule has 0 saturated carbocycles. The number of hydrogen-bond acceptors (Lipinski definition) is 2. The summed E-state index contributed by atoms with van der Waals surface area (Å²) in [5.41, 5.74) is 6.62. The highest BCUT2D eigenvalue weighted by Gasteiger charge is 2.04. The Morgan fingerprint density at radius 1 is 1.50 bits per heavy atom.